The molecule has 0 radical (unpaired) electrons. The molecule has 1 unspecified atom stereocenters. The van der Waals surface area contributed by atoms with Crippen molar-refractivity contribution in [1.82, 2.24) is 0 Å². The molecule has 0 aliphatic rings. The molecule has 0 saturated heterocycles. The van der Waals surface area contributed by atoms with Gasteiger partial charge in [-0.25, -0.2) is 0 Å². The quantitative estimate of drug-likeness (QED) is 0.0261. The Hall–Kier alpha value is -3.93. The summed E-state index contributed by atoms with van der Waals surface area (Å²) in [6.07, 6.45) is 87.0. The lowest BCUT2D eigenvalue weighted by atomic mass is 10.1. The molecule has 0 fully saturated rings. The Morgan fingerprint density at radius 1 is 0.276 bits per heavy atom. The van der Waals surface area contributed by atoms with E-state index < -0.39 is 6.10 Å². The Kier molecular flexibility index (Phi) is 60.3. The molecule has 1 atom stereocenters. The zero-order chi connectivity index (χ0) is 55.0. The van der Waals surface area contributed by atoms with Crippen LogP contribution in [0.25, 0.3) is 0 Å². The minimum absolute atomic E-state index is 0.0793. The van der Waals surface area contributed by atoms with Crippen LogP contribution in [0.1, 0.15) is 297 Å². The highest BCUT2D eigenvalue weighted by atomic mass is 16.6. The third-order valence-corrected chi connectivity index (χ3v) is 13.5. The summed E-state index contributed by atoms with van der Waals surface area (Å²) in [7, 11) is 0. The molecule has 0 aliphatic heterocycles. The number of unbranched alkanes of at least 4 members (excludes halogenated alkanes) is 28. The van der Waals surface area contributed by atoms with E-state index in [2.05, 4.69) is 130 Å². The normalized spacial score (nSPS) is 12.8. The maximum atomic E-state index is 12.8. The van der Waals surface area contributed by atoms with Gasteiger partial charge >= 0.3 is 17.9 Å². The molecule has 0 rings (SSSR count). The fourth-order valence-electron chi connectivity index (χ4n) is 8.75. The van der Waals surface area contributed by atoms with Crippen molar-refractivity contribution in [3.63, 3.8) is 0 Å². The SMILES string of the molecule is CC/C=C\C/C=C\C/C=C\C/C=C\C/C=C\C/C=C\C/C=C\C/C=C\CCCCCCCCCCCCC(=O)OCC(COC(=O)CCCCCCCC)OC(=O)CCCCCCCCC/C=C\CCCCCCCC. The van der Waals surface area contributed by atoms with Gasteiger partial charge in [-0.05, 0) is 109 Å². The molecule has 0 aromatic rings. The lowest BCUT2D eigenvalue weighted by Crippen LogP contribution is -2.30. The van der Waals surface area contributed by atoms with E-state index in [4.69, 9.17) is 14.2 Å². The summed E-state index contributed by atoms with van der Waals surface area (Å²) < 4.78 is 16.8. The van der Waals surface area contributed by atoms with E-state index in [9.17, 15) is 14.4 Å². The van der Waals surface area contributed by atoms with E-state index in [1.165, 1.54) is 148 Å². The van der Waals surface area contributed by atoms with E-state index in [1.807, 2.05) is 0 Å². The van der Waals surface area contributed by atoms with Crippen molar-refractivity contribution in [2.45, 2.75) is 303 Å². The second-order valence-corrected chi connectivity index (χ2v) is 20.9. The topological polar surface area (TPSA) is 78.9 Å². The van der Waals surface area contributed by atoms with E-state index in [-0.39, 0.29) is 31.1 Å². The van der Waals surface area contributed by atoms with Gasteiger partial charge in [-0.2, -0.15) is 0 Å². The van der Waals surface area contributed by atoms with Crippen LogP contribution in [0.4, 0.5) is 0 Å². The molecule has 0 aliphatic carbocycles. The summed E-state index contributed by atoms with van der Waals surface area (Å²) in [4.78, 5) is 38.0. The van der Waals surface area contributed by atoms with Crippen molar-refractivity contribution in [1.29, 1.82) is 0 Å². The van der Waals surface area contributed by atoms with Gasteiger partial charge in [0, 0.05) is 19.3 Å². The van der Waals surface area contributed by atoms with Gasteiger partial charge in [-0.3, -0.25) is 14.4 Å². The summed E-state index contributed by atoms with van der Waals surface area (Å²) in [6.45, 7) is 6.47. The number of hydrogen-bond donors (Lipinski definition) is 0. The van der Waals surface area contributed by atoms with Crippen LogP contribution in [0, 0.1) is 0 Å². The van der Waals surface area contributed by atoms with Gasteiger partial charge in [0.05, 0.1) is 0 Å². The predicted molar refractivity (Wildman–Crippen MR) is 330 cm³/mol. The molecule has 0 aromatic carbocycles. The van der Waals surface area contributed by atoms with Gasteiger partial charge in [0.15, 0.2) is 6.10 Å². The van der Waals surface area contributed by atoms with Crippen LogP contribution < -0.4 is 0 Å². The average molecular weight is 1060 g/mol. The average Bonchev–Trinajstić information content (AvgIpc) is 3.42. The summed E-state index contributed by atoms with van der Waals surface area (Å²) in [5.74, 6) is -0.893. The maximum Gasteiger partial charge on any atom is 0.306 e. The largest absolute Gasteiger partial charge is 0.462 e. The molecule has 0 saturated carbocycles. The molecular formula is C70H118O6. The van der Waals surface area contributed by atoms with Crippen LogP contribution in [0.2, 0.25) is 0 Å². The summed E-state index contributed by atoms with van der Waals surface area (Å²) >= 11 is 0. The molecule has 434 valence electrons. The van der Waals surface area contributed by atoms with E-state index in [0.717, 1.165) is 109 Å². The second-order valence-electron chi connectivity index (χ2n) is 20.9. The Morgan fingerprint density at radius 2 is 0.513 bits per heavy atom. The first-order chi connectivity index (χ1) is 37.5. The minimum Gasteiger partial charge on any atom is -0.462 e. The van der Waals surface area contributed by atoms with Gasteiger partial charge in [0.1, 0.15) is 13.2 Å². The van der Waals surface area contributed by atoms with E-state index in [0.29, 0.717) is 19.3 Å². The third kappa shape index (κ3) is 60.9. The van der Waals surface area contributed by atoms with Gasteiger partial charge < -0.3 is 14.2 Å². The Bertz CT molecular complexity index is 1540. The van der Waals surface area contributed by atoms with Crippen LogP contribution in [-0.2, 0) is 28.6 Å². The molecule has 0 heterocycles. The first-order valence-electron chi connectivity index (χ1n) is 31.9. The van der Waals surface area contributed by atoms with Crippen molar-refractivity contribution >= 4 is 17.9 Å². The van der Waals surface area contributed by atoms with Gasteiger partial charge in [0.25, 0.3) is 0 Å². The van der Waals surface area contributed by atoms with Crippen LogP contribution in [0.5, 0.6) is 0 Å². The molecule has 0 N–H and O–H groups in total. The highest BCUT2D eigenvalue weighted by molar-refractivity contribution is 5.71. The first-order valence-corrected chi connectivity index (χ1v) is 31.9. The molecule has 0 spiro atoms. The Morgan fingerprint density at radius 3 is 0.816 bits per heavy atom. The highest BCUT2D eigenvalue weighted by Gasteiger charge is 2.19. The number of hydrogen-bond acceptors (Lipinski definition) is 6. The van der Waals surface area contributed by atoms with Gasteiger partial charge in [-0.15, -0.1) is 0 Å². The fraction of sp³-hybridized carbons (Fsp3) is 0.700. The van der Waals surface area contributed by atoms with Crippen LogP contribution >= 0.6 is 0 Å². The zero-order valence-electron chi connectivity index (χ0n) is 49.7. The number of rotatable bonds is 57. The first kappa shape index (κ1) is 72.1. The Balaban J connectivity index is 4.06. The summed E-state index contributed by atoms with van der Waals surface area (Å²) in [5, 5.41) is 0. The number of esters is 3. The molecule has 0 bridgehead atoms. The molecule has 76 heavy (non-hydrogen) atoms. The summed E-state index contributed by atoms with van der Waals surface area (Å²) in [6, 6.07) is 0. The maximum absolute atomic E-state index is 12.8. The van der Waals surface area contributed by atoms with Crippen LogP contribution in [-0.4, -0.2) is 37.2 Å². The number of carbonyl (C=O) groups excluding carboxylic acids is 3. The van der Waals surface area contributed by atoms with Crippen molar-refractivity contribution in [3.8, 4) is 0 Å². The minimum atomic E-state index is -0.778. The molecule has 6 heteroatoms. The number of carbonyl (C=O) groups is 3. The monoisotopic (exact) mass is 1050 g/mol. The summed E-state index contributed by atoms with van der Waals surface area (Å²) in [5.41, 5.74) is 0. The van der Waals surface area contributed by atoms with Gasteiger partial charge in [-0.1, -0.05) is 278 Å². The van der Waals surface area contributed by atoms with Gasteiger partial charge in [0.2, 0.25) is 0 Å². The molecule has 0 aromatic heterocycles. The number of ether oxygens (including phenoxy) is 3. The number of allylic oxidation sites excluding steroid dienone is 18. The van der Waals surface area contributed by atoms with Crippen molar-refractivity contribution in [3.05, 3.63) is 109 Å². The van der Waals surface area contributed by atoms with Crippen LogP contribution in [0.3, 0.4) is 0 Å². The lowest BCUT2D eigenvalue weighted by molar-refractivity contribution is -0.167. The van der Waals surface area contributed by atoms with Crippen LogP contribution in [0.15, 0.2) is 109 Å². The van der Waals surface area contributed by atoms with Crippen molar-refractivity contribution in [2.24, 2.45) is 0 Å². The predicted octanol–water partition coefficient (Wildman–Crippen LogP) is 21.8. The fourth-order valence-corrected chi connectivity index (χ4v) is 8.75. The van der Waals surface area contributed by atoms with E-state index in [1.54, 1.807) is 0 Å². The lowest BCUT2D eigenvalue weighted by Gasteiger charge is -2.18. The Labute approximate surface area is 470 Å². The highest BCUT2D eigenvalue weighted by Crippen LogP contribution is 2.15. The smallest absolute Gasteiger partial charge is 0.306 e. The second kappa shape index (κ2) is 63.6. The zero-order valence-corrected chi connectivity index (χ0v) is 49.7. The van der Waals surface area contributed by atoms with E-state index >= 15 is 0 Å². The van der Waals surface area contributed by atoms with Crippen molar-refractivity contribution < 1.29 is 28.6 Å². The third-order valence-electron chi connectivity index (χ3n) is 13.5. The molecule has 6 nitrogen and oxygen atoms in total. The molecule has 0 amide bonds. The molecular weight excluding hydrogens is 937 g/mol. The van der Waals surface area contributed by atoms with Crippen molar-refractivity contribution in [2.75, 3.05) is 13.2 Å². The standard InChI is InChI=1S/C70H118O6/c1-4-7-10-13-16-18-20-22-24-26-27-28-29-30-31-32-33-34-35-36-37-38-39-40-41-42-43-45-46-48-50-52-54-57-60-63-69(72)75-66-67(65-74-68(71)62-59-56-15-12-9-6-3)76-70(73)64-61-58-55-53-51-49-47-44-25-23-21-19-17-14-11-8-5-2/h7,10,16,18,22-25,27-28,30-31,33-34,36-37,39-40,67H,4-6,8-9,11-15,17,19-21,26,29,32,35,38,41-66H2,1-3H3/b10-7-,18-16-,24-22-,25-23-,28-27-,31-30-,34-33-,37-36-,40-39-.